The van der Waals surface area contributed by atoms with E-state index in [2.05, 4.69) is 44.4 Å². The minimum atomic E-state index is 0.427. The van der Waals surface area contributed by atoms with E-state index in [1.165, 1.54) is 0 Å². The summed E-state index contributed by atoms with van der Waals surface area (Å²) in [6.45, 7) is 2.62. The third-order valence-corrected chi connectivity index (χ3v) is 4.77. The number of benzene rings is 1. The molecule has 1 aromatic carbocycles. The Morgan fingerprint density at radius 3 is 2.12 bits per heavy atom. The predicted octanol–water partition coefficient (Wildman–Crippen LogP) is 5.87. The lowest BCUT2D eigenvalue weighted by atomic mass is 10.2. The van der Waals surface area contributed by atoms with Crippen molar-refractivity contribution in [1.29, 1.82) is 0 Å². The van der Waals surface area contributed by atoms with E-state index >= 15 is 0 Å². The molecule has 3 aromatic rings. The van der Waals surface area contributed by atoms with Crippen molar-refractivity contribution in [3.63, 3.8) is 0 Å². The Bertz CT molecular complexity index is 884. The van der Waals surface area contributed by atoms with Crippen molar-refractivity contribution in [1.82, 2.24) is 9.97 Å². The molecule has 0 radical (unpaired) electrons. The molecule has 0 spiro atoms. The van der Waals surface area contributed by atoms with Gasteiger partial charge in [0.25, 0.3) is 0 Å². The summed E-state index contributed by atoms with van der Waals surface area (Å²) < 4.78 is 6.36. The summed E-state index contributed by atoms with van der Waals surface area (Å²) in [7, 11) is 0. The summed E-state index contributed by atoms with van der Waals surface area (Å²) in [6, 6.07) is 15.1. The highest BCUT2D eigenvalue weighted by molar-refractivity contribution is 14.1. The van der Waals surface area contributed by atoms with Crippen LogP contribution in [0.5, 0.6) is 5.75 Å². The van der Waals surface area contributed by atoms with Gasteiger partial charge in [-0.3, -0.25) is 0 Å². The molecule has 0 aliphatic heterocycles. The van der Waals surface area contributed by atoms with Crippen molar-refractivity contribution in [2.75, 3.05) is 6.61 Å². The average Bonchev–Trinajstić information content (AvgIpc) is 2.66. The number of nitrogens with zero attached hydrogens (tertiary/aromatic N) is 2. The Kier molecular flexibility index (Phi) is 8.69. The highest BCUT2D eigenvalue weighted by Gasteiger charge is 1.95. The zero-order valence-corrected chi connectivity index (χ0v) is 17.6. The van der Waals surface area contributed by atoms with Gasteiger partial charge in [0.05, 0.1) is 15.7 Å². The van der Waals surface area contributed by atoms with E-state index in [1.807, 2.05) is 55.5 Å². The fraction of sp³-hybridized carbons (Fsp3) is 0.100. The maximum atomic E-state index is 5.92. The summed E-state index contributed by atoms with van der Waals surface area (Å²) in [5.74, 6) is 6.89. The number of rotatable bonds is 2. The molecule has 0 aliphatic rings. The van der Waals surface area contributed by atoms with Crippen LogP contribution in [0.15, 0.2) is 60.9 Å². The minimum absolute atomic E-state index is 0.427. The van der Waals surface area contributed by atoms with Crippen LogP contribution in [0.1, 0.15) is 18.1 Å². The van der Waals surface area contributed by atoms with Crippen molar-refractivity contribution < 1.29 is 4.74 Å². The highest BCUT2D eigenvalue weighted by Crippen LogP contribution is 2.13. The first kappa shape index (κ1) is 20.5. The van der Waals surface area contributed by atoms with E-state index in [1.54, 1.807) is 12.4 Å². The SMILES string of the molecule is CCOc1ccc(C#Cc2cccnc2Cl)cc1.Clc1ncccc1I. The molecule has 0 aliphatic carbocycles. The van der Waals surface area contributed by atoms with E-state index < -0.39 is 0 Å². The molecule has 0 N–H and O–H groups in total. The van der Waals surface area contributed by atoms with Gasteiger partial charge in [-0.05, 0) is 78.0 Å². The molecule has 2 heterocycles. The molecule has 0 saturated heterocycles. The maximum Gasteiger partial charge on any atom is 0.144 e. The Balaban J connectivity index is 0.000000254. The van der Waals surface area contributed by atoms with Crippen molar-refractivity contribution in [2.24, 2.45) is 0 Å². The molecule has 3 rings (SSSR count). The standard InChI is InChI=1S/C15H12ClNO.C5H3ClIN/c1-2-18-14-9-6-12(7-10-14)5-8-13-4-3-11-17-15(13)16;6-5-4(7)2-1-3-8-5/h3-4,6-7,9-11H,2H2,1H3;1-3H. The Morgan fingerprint density at radius 1 is 0.923 bits per heavy atom. The number of halogens is 3. The second kappa shape index (κ2) is 11.0. The van der Waals surface area contributed by atoms with Crippen molar-refractivity contribution in [3.8, 4) is 17.6 Å². The molecule has 3 nitrogen and oxygen atoms in total. The third kappa shape index (κ3) is 6.83. The van der Waals surface area contributed by atoms with Gasteiger partial charge in [0.1, 0.15) is 16.1 Å². The average molecular weight is 497 g/mol. The molecule has 0 atom stereocenters. The van der Waals surface area contributed by atoms with Gasteiger partial charge in [-0.15, -0.1) is 0 Å². The molecule has 0 bridgehead atoms. The molecule has 0 fully saturated rings. The summed E-state index contributed by atoms with van der Waals surface area (Å²) in [4.78, 5) is 7.81. The molecule has 0 amide bonds. The van der Waals surface area contributed by atoms with Crippen LogP contribution < -0.4 is 4.74 Å². The summed E-state index contributed by atoms with van der Waals surface area (Å²) >= 11 is 13.6. The maximum absolute atomic E-state index is 5.92. The number of hydrogen-bond acceptors (Lipinski definition) is 3. The molecule has 6 heteroatoms. The lowest BCUT2D eigenvalue weighted by Gasteiger charge is -2.01. The molecule has 2 aromatic heterocycles. The predicted molar refractivity (Wildman–Crippen MR) is 115 cm³/mol. The Morgan fingerprint density at radius 2 is 1.58 bits per heavy atom. The zero-order valence-electron chi connectivity index (χ0n) is 13.9. The van der Waals surface area contributed by atoms with Gasteiger partial charge in [0.15, 0.2) is 0 Å². The van der Waals surface area contributed by atoms with E-state index in [4.69, 9.17) is 27.9 Å². The van der Waals surface area contributed by atoms with Crippen LogP contribution in [-0.2, 0) is 0 Å². The molecule has 0 saturated carbocycles. The van der Waals surface area contributed by atoms with Crippen molar-refractivity contribution >= 4 is 45.8 Å². The third-order valence-electron chi connectivity index (χ3n) is 2.98. The second-order valence-electron chi connectivity index (χ2n) is 4.83. The molecular weight excluding hydrogens is 482 g/mol. The lowest BCUT2D eigenvalue weighted by molar-refractivity contribution is 0.340. The lowest BCUT2D eigenvalue weighted by Crippen LogP contribution is -1.90. The first-order valence-corrected chi connectivity index (χ1v) is 9.55. The number of aromatic nitrogens is 2. The number of hydrogen-bond donors (Lipinski definition) is 0. The van der Waals surface area contributed by atoms with Crippen LogP contribution in [0, 0.1) is 15.4 Å². The van der Waals surface area contributed by atoms with Gasteiger partial charge >= 0.3 is 0 Å². The van der Waals surface area contributed by atoms with Crippen LogP contribution in [-0.4, -0.2) is 16.6 Å². The van der Waals surface area contributed by atoms with Gasteiger partial charge < -0.3 is 4.74 Å². The number of ether oxygens (including phenoxy) is 1. The van der Waals surface area contributed by atoms with Crippen molar-refractivity contribution in [2.45, 2.75) is 6.92 Å². The first-order valence-electron chi connectivity index (χ1n) is 7.71. The zero-order chi connectivity index (χ0) is 18.8. The van der Waals surface area contributed by atoms with Gasteiger partial charge in [-0.1, -0.05) is 35.0 Å². The highest BCUT2D eigenvalue weighted by atomic mass is 127. The monoisotopic (exact) mass is 496 g/mol. The molecule has 26 heavy (non-hydrogen) atoms. The smallest absolute Gasteiger partial charge is 0.144 e. The van der Waals surface area contributed by atoms with Crippen molar-refractivity contribution in [3.05, 3.63) is 85.9 Å². The van der Waals surface area contributed by atoms with Crippen LogP contribution in [0.2, 0.25) is 10.3 Å². The van der Waals surface area contributed by atoms with Crippen LogP contribution in [0.25, 0.3) is 0 Å². The normalized spacial score (nSPS) is 9.38. The largest absolute Gasteiger partial charge is 0.494 e. The van der Waals surface area contributed by atoms with E-state index in [0.29, 0.717) is 16.9 Å². The van der Waals surface area contributed by atoms with Crippen LogP contribution >= 0.6 is 45.8 Å². The van der Waals surface area contributed by atoms with Gasteiger partial charge in [0.2, 0.25) is 0 Å². The molecule has 0 unspecified atom stereocenters. The fourth-order valence-corrected chi connectivity index (χ4v) is 2.42. The summed E-state index contributed by atoms with van der Waals surface area (Å²) in [5.41, 5.74) is 1.64. The summed E-state index contributed by atoms with van der Waals surface area (Å²) in [5, 5.41) is 1.00. The minimum Gasteiger partial charge on any atom is -0.494 e. The Hall–Kier alpha value is -1.81. The van der Waals surface area contributed by atoms with Crippen LogP contribution in [0.3, 0.4) is 0 Å². The van der Waals surface area contributed by atoms with E-state index in [9.17, 15) is 0 Å². The fourth-order valence-electron chi connectivity index (χ4n) is 1.79. The topological polar surface area (TPSA) is 35.0 Å². The van der Waals surface area contributed by atoms with Gasteiger partial charge in [-0.2, -0.15) is 0 Å². The molecular formula is C20H15Cl2IN2O. The van der Waals surface area contributed by atoms with Gasteiger partial charge in [-0.25, -0.2) is 9.97 Å². The quantitative estimate of drug-likeness (QED) is 0.252. The van der Waals surface area contributed by atoms with E-state index in [0.717, 1.165) is 20.4 Å². The molecule has 132 valence electrons. The second-order valence-corrected chi connectivity index (χ2v) is 6.70. The van der Waals surface area contributed by atoms with E-state index in [-0.39, 0.29) is 0 Å². The summed E-state index contributed by atoms with van der Waals surface area (Å²) in [6.07, 6.45) is 3.31. The van der Waals surface area contributed by atoms with Crippen LogP contribution in [0.4, 0.5) is 0 Å². The number of pyridine rings is 2. The first-order chi connectivity index (χ1) is 12.6. The Labute approximate surface area is 176 Å². The van der Waals surface area contributed by atoms with Gasteiger partial charge in [0, 0.05) is 18.0 Å².